The van der Waals surface area contributed by atoms with E-state index in [9.17, 15) is 8.78 Å². The predicted molar refractivity (Wildman–Crippen MR) is 84.7 cm³/mol. The smallest absolute Gasteiger partial charge is 0.220 e. The molecular formula is C17H11F2N5O. The van der Waals surface area contributed by atoms with E-state index >= 15 is 0 Å². The van der Waals surface area contributed by atoms with Crippen LogP contribution < -0.4 is 4.74 Å². The maximum atomic E-state index is 13.5. The van der Waals surface area contributed by atoms with Crippen LogP contribution in [0.1, 0.15) is 5.69 Å². The standard InChI is InChI=1S/C17H11F2N5O/c18-12-5-11(6-13(19)7-12)17-23-22-15-8-20-9-16(24(15)17)25-10-14-3-1-2-4-21-14/h1-9H,10H2. The molecule has 1 aromatic carbocycles. The molecule has 0 saturated heterocycles. The molecule has 6 nitrogen and oxygen atoms in total. The van der Waals surface area contributed by atoms with Crippen LogP contribution in [-0.4, -0.2) is 24.6 Å². The largest absolute Gasteiger partial charge is 0.471 e. The molecule has 0 aliphatic rings. The van der Waals surface area contributed by atoms with Crippen LogP contribution in [-0.2, 0) is 6.61 Å². The first-order valence-electron chi connectivity index (χ1n) is 7.39. The molecule has 0 aliphatic heterocycles. The quantitative estimate of drug-likeness (QED) is 0.572. The van der Waals surface area contributed by atoms with Gasteiger partial charge < -0.3 is 4.74 Å². The van der Waals surface area contributed by atoms with Gasteiger partial charge in [0.2, 0.25) is 5.88 Å². The molecule has 124 valence electrons. The Balaban J connectivity index is 1.76. The van der Waals surface area contributed by atoms with Crippen molar-refractivity contribution in [3.63, 3.8) is 0 Å². The number of fused-ring (bicyclic) bond motifs is 1. The minimum Gasteiger partial charge on any atom is -0.471 e. The number of rotatable bonds is 4. The monoisotopic (exact) mass is 339 g/mol. The third kappa shape index (κ3) is 3.01. The van der Waals surface area contributed by atoms with E-state index in [1.54, 1.807) is 10.6 Å². The van der Waals surface area contributed by atoms with Gasteiger partial charge in [-0.2, -0.15) is 0 Å². The van der Waals surface area contributed by atoms with Crippen molar-refractivity contribution < 1.29 is 13.5 Å². The Hall–Kier alpha value is -3.42. The van der Waals surface area contributed by atoms with Gasteiger partial charge >= 0.3 is 0 Å². The molecule has 0 fully saturated rings. The first-order chi connectivity index (χ1) is 12.2. The highest BCUT2D eigenvalue weighted by Gasteiger charge is 2.15. The van der Waals surface area contributed by atoms with Gasteiger partial charge in [0.05, 0.1) is 18.1 Å². The summed E-state index contributed by atoms with van der Waals surface area (Å²) < 4.78 is 34.4. The Morgan fingerprint density at radius 2 is 1.84 bits per heavy atom. The Bertz CT molecular complexity index is 1020. The van der Waals surface area contributed by atoms with Crippen molar-refractivity contribution >= 4 is 5.65 Å². The number of benzene rings is 1. The maximum Gasteiger partial charge on any atom is 0.220 e. The van der Waals surface area contributed by atoms with Crippen molar-refractivity contribution in [3.8, 4) is 17.3 Å². The normalized spacial score (nSPS) is 11.0. The molecule has 0 radical (unpaired) electrons. The van der Waals surface area contributed by atoms with E-state index in [1.165, 1.54) is 24.5 Å². The second-order valence-electron chi connectivity index (χ2n) is 5.23. The van der Waals surface area contributed by atoms with Gasteiger partial charge in [0.1, 0.15) is 18.2 Å². The molecule has 3 heterocycles. The van der Waals surface area contributed by atoms with E-state index < -0.39 is 11.6 Å². The Morgan fingerprint density at radius 3 is 2.60 bits per heavy atom. The zero-order valence-corrected chi connectivity index (χ0v) is 12.8. The summed E-state index contributed by atoms with van der Waals surface area (Å²) in [6.07, 6.45) is 4.63. The molecule has 0 bridgehead atoms. The highest BCUT2D eigenvalue weighted by atomic mass is 19.1. The van der Waals surface area contributed by atoms with E-state index in [-0.39, 0.29) is 18.0 Å². The second kappa shape index (κ2) is 6.23. The zero-order valence-electron chi connectivity index (χ0n) is 12.8. The van der Waals surface area contributed by atoms with Gasteiger partial charge in [-0.05, 0) is 24.3 Å². The lowest BCUT2D eigenvalue weighted by Crippen LogP contribution is -2.03. The van der Waals surface area contributed by atoms with Gasteiger partial charge in [-0.3, -0.25) is 9.97 Å². The predicted octanol–water partition coefficient (Wildman–Crippen LogP) is 3.04. The summed E-state index contributed by atoms with van der Waals surface area (Å²) in [4.78, 5) is 8.23. The molecule has 4 rings (SSSR count). The van der Waals surface area contributed by atoms with Crippen LogP contribution in [0.15, 0.2) is 55.0 Å². The molecule has 0 aliphatic carbocycles. The van der Waals surface area contributed by atoms with Crippen LogP contribution >= 0.6 is 0 Å². The van der Waals surface area contributed by atoms with E-state index in [4.69, 9.17) is 4.74 Å². The van der Waals surface area contributed by atoms with E-state index in [1.807, 2.05) is 18.2 Å². The third-order valence-electron chi connectivity index (χ3n) is 3.50. The van der Waals surface area contributed by atoms with Crippen LogP contribution in [0.5, 0.6) is 5.88 Å². The summed E-state index contributed by atoms with van der Waals surface area (Å²) in [6, 6.07) is 8.65. The van der Waals surface area contributed by atoms with Gasteiger partial charge in [-0.25, -0.2) is 13.2 Å². The molecule has 4 aromatic rings. The summed E-state index contributed by atoms with van der Waals surface area (Å²) in [5.41, 5.74) is 1.38. The van der Waals surface area contributed by atoms with Gasteiger partial charge in [0.15, 0.2) is 11.5 Å². The summed E-state index contributed by atoms with van der Waals surface area (Å²) in [5.74, 6) is -0.798. The Morgan fingerprint density at radius 1 is 1.00 bits per heavy atom. The van der Waals surface area contributed by atoms with Crippen LogP contribution in [0.4, 0.5) is 8.78 Å². The van der Waals surface area contributed by atoms with Gasteiger partial charge in [-0.15, -0.1) is 10.2 Å². The van der Waals surface area contributed by atoms with Crippen LogP contribution in [0.25, 0.3) is 17.0 Å². The topological polar surface area (TPSA) is 65.2 Å². The molecule has 8 heteroatoms. The molecule has 0 spiro atoms. The number of ether oxygens (including phenoxy) is 1. The van der Waals surface area contributed by atoms with E-state index in [0.717, 1.165) is 11.8 Å². The fourth-order valence-corrected chi connectivity index (χ4v) is 2.43. The number of hydrogen-bond acceptors (Lipinski definition) is 5. The molecule has 25 heavy (non-hydrogen) atoms. The zero-order chi connectivity index (χ0) is 17.2. The van der Waals surface area contributed by atoms with Crippen LogP contribution in [0.3, 0.4) is 0 Å². The van der Waals surface area contributed by atoms with Crippen LogP contribution in [0, 0.1) is 11.6 Å². The molecule has 0 N–H and O–H groups in total. The number of pyridine rings is 1. The SMILES string of the molecule is Fc1cc(F)cc(-c2nnc3cncc(OCc4ccccn4)n23)c1. The molecule has 0 saturated carbocycles. The molecule has 3 aromatic heterocycles. The Kier molecular flexibility index (Phi) is 3.77. The van der Waals surface area contributed by atoms with Gasteiger partial charge in [-0.1, -0.05) is 6.07 Å². The number of aromatic nitrogens is 5. The first kappa shape index (κ1) is 15.1. The lowest BCUT2D eigenvalue weighted by Gasteiger charge is -2.09. The van der Waals surface area contributed by atoms with Crippen molar-refractivity contribution in [1.29, 1.82) is 0 Å². The van der Waals surface area contributed by atoms with E-state index in [0.29, 0.717) is 11.5 Å². The van der Waals surface area contributed by atoms with Gasteiger partial charge in [0, 0.05) is 17.8 Å². The Labute approximate surface area is 140 Å². The molecule has 0 amide bonds. The van der Waals surface area contributed by atoms with E-state index in [2.05, 4.69) is 20.2 Å². The van der Waals surface area contributed by atoms with Crippen molar-refractivity contribution in [2.75, 3.05) is 0 Å². The number of nitrogens with zero attached hydrogens (tertiary/aromatic N) is 5. The average molecular weight is 339 g/mol. The fraction of sp³-hybridized carbons (Fsp3) is 0.0588. The minimum absolute atomic E-state index is 0.205. The number of hydrogen-bond donors (Lipinski definition) is 0. The fourth-order valence-electron chi connectivity index (χ4n) is 2.43. The van der Waals surface area contributed by atoms with Gasteiger partial charge in [0.25, 0.3) is 0 Å². The summed E-state index contributed by atoms with van der Waals surface area (Å²) in [7, 11) is 0. The second-order valence-corrected chi connectivity index (χ2v) is 5.23. The lowest BCUT2D eigenvalue weighted by molar-refractivity contribution is 0.284. The summed E-state index contributed by atoms with van der Waals surface area (Å²) in [5, 5.41) is 7.99. The lowest BCUT2D eigenvalue weighted by atomic mass is 10.2. The molecule has 0 unspecified atom stereocenters. The average Bonchev–Trinajstić information content (AvgIpc) is 3.05. The third-order valence-corrected chi connectivity index (χ3v) is 3.50. The highest BCUT2D eigenvalue weighted by Crippen LogP contribution is 2.24. The number of halogens is 2. The molecular weight excluding hydrogens is 328 g/mol. The summed E-state index contributed by atoms with van der Waals surface area (Å²) in [6.45, 7) is 0.205. The highest BCUT2D eigenvalue weighted by molar-refractivity contribution is 5.60. The molecule has 0 atom stereocenters. The maximum absolute atomic E-state index is 13.5. The summed E-state index contributed by atoms with van der Waals surface area (Å²) >= 11 is 0. The van der Waals surface area contributed by atoms with Crippen molar-refractivity contribution in [2.45, 2.75) is 6.61 Å². The van der Waals surface area contributed by atoms with Crippen molar-refractivity contribution in [1.82, 2.24) is 24.6 Å². The minimum atomic E-state index is -0.697. The van der Waals surface area contributed by atoms with Crippen LogP contribution in [0.2, 0.25) is 0 Å². The van der Waals surface area contributed by atoms with Crippen molar-refractivity contribution in [2.24, 2.45) is 0 Å². The van der Waals surface area contributed by atoms with Crippen molar-refractivity contribution in [3.05, 3.63) is 72.3 Å². The first-order valence-corrected chi connectivity index (χ1v) is 7.39.